The summed E-state index contributed by atoms with van der Waals surface area (Å²) in [6.07, 6.45) is 1.98. The van der Waals surface area contributed by atoms with Crippen LogP contribution in [-0.4, -0.2) is 11.5 Å². The fourth-order valence-electron chi connectivity index (χ4n) is 1.26. The normalized spacial score (nSPS) is 15.3. The summed E-state index contributed by atoms with van der Waals surface area (Å²) in [5, 5.41) is 4.04. The Bertz CT molecular complexity index is 312. The second kappa shape index (κ2) is 2.31. The van der Waals surface area contributed by atoms with E-state index in [-0.39, 0.29) is 0 Å². The highest BCUT2D eigenvalue weighted by atomic mass is 35.5. The van der Waals surface area contributed by atoms with Crippen LogP contribution < -0.4 is 5.32 Å². The van der Waals surface area contributed by atoms with Crippen LogP contribution >= 0.6 is 11.6 Å². The molecule has 1 aliphatic rings. The number of rotatable bonds is 0. The lowest BCUT2D eigenvalue weighted by Gasteiger charge is -2.09. The van der Waals surface area contributed by atoms with Crippen LogP contribution in [0.3, 0.4) is 0 Å². The third-order valence-electron chi connectivity index (χ3n) is 1.73. The van der Waals surface area contributed by atoms with Gasteiger partial charge in [0.1, 0.15) is 5.82 Å². The fraction of sp³-hybridized carbons (Fsp3) is 0.250. The van der Waals surface area contributed by atoms with E-state index in [1.165, 1.54) is 0 Å². The van der Waals surface area contributed by atoms with E-state index in [0.717, 1.165) is 28.7 Å². The number of hydrogen-bond acceptors (Lipinski definition) is 1. The summed E-state index contributed by atoms with van der Waals surface area (Å²) in [5.74, 6) is 1.08. The number of hydrogen-bond donors (Lipinski definition) is 2. The lowest BCUT2D eigenvalue weighted by atomic mass is 10.2. The molecule has 0 spiro atoms. The molecule has 0 bridgehead atoms. The van der Waals surface area contributed by atoms with Crippen molar-refractivity contribution in [3.8, 4) is 0 Å². The lowest BCUT2D eigenvalue weighted by molar-refractivity contribution is 1.20. The Morgan fingerprint density at radius 3 is 3.18 bits per heavy atom. The van der Waals surface area contributed by atoms with E-state index < -0.39 is 0 Å². The van der Waals surface area contributed by atoms with Crippen LogP contribution in [0.4, 0.5) is 5.82 Å². The number of aryl methyl sites for hydroxylation is 1. The average molecular weight is 169 g/mol. The Morgan fingerprint density at radius 2 is 2.36 bits per heavy atom. The highest BCUT2D eigenvalue weighted by Crippen LogP contribution is 2.24. The molecule has 1 aliphatic heterocycles. The average Bonchev–Trinajstić information content (AvgIpc) is 2.27. The van der Waals surface area contributed by atoms with E-state index in [9.17, 15) is 0 Å². The van der Waals surface area contributed by atoms with Crippen LogP contribution in [-0.2, 0) is 0 Å². The van der Waals surface area contributed by atoms with Gasteiger partial charge in [0.25, 0.3) is 0 Å². The van der Waals surface area contributed by atoms with Gasteiger partial charge in [0.2, 0.25) is 0 Å². The van der Waals surface area contributed by atoms with Crippen LogP contribution in [0, 0.1) is 6.92 Å². The van der Waals surface area contributed by atoms with Crippen molar-refractivity contribution in [2.45, 2.75) is 6.92 Å². The first-order valence-corrected chi connectivity index (χ1v) is 3.93. The molecule has 0 saturated carbocycles. The molecule has 2 N–H and O–H groups in total. The minimum atomic E-state index is 0.731. The SMILES string of the molecule is Cc1cc2c([nH]1)NCC(Cl)=C2. The van der Waals surface area contributed by atoms with Gasteiger partial charge in [-0.3, -0.25) is 0 Å². The van der Waals surface area contributed by atoms with Gasteiger partial charge in [0.05, 0.1) is 6.54 Å². The zero-order valence-electron chi connectivity index (χ0n) is 6.24. The molecule has 0 amide bonds. The van der Waals surface area contributed by atoms with E-state index in [1.54, 1.807) is 0 Å². The predicted molar refractivity (Wildman–Crippen MR) is 47.8 cm³/mol. The van der Waals surface area contributed by atoms with Crippen LogP contribution in [0.2, 0.25) is 0 Å². The van der Waals surface area contributed by atoms with E-state index >= 15 is 0 Å². The summed E-state index contributed by atoms with van der Waals surface area (Å²) >= 11 is 5.84. The summed E-state index contributed by atoms with van der Waals surface area (Å²) in [7, 11) is 0. The van der Waals surface area contributed by atoms with Crippen molar-refractivity contribution in [3.63, 3.8) is 0 Å². The molecule has 0 radical (unpaired) electrons. The summed E-state index contributed by atoms with van der Waals surface area (Å²) < 4.78 is 0. The first-order valence-electron chi connectivity index (χ1n) is 3.55. The van der Waals surface area contributed by atoms with E-state index in [2.05, 4.69) is 16.4 Å². The number of aromatic nitrogens is 1. The number of anilines is 1. The van der Waals surface area contributed by atoms with Gasteiger partial charge in [-0.2, -0.15) is 0 Å². The van der Waals surface area contributed by atoms with Crippen molar-refractivity contribution in [1.29, 1.82) is 0 Å². The first-order chi connectivity index (χ1) is 5.25. The van der Waals surface area contributed by atoms with Gasteiger partial charge in [-0.05, 0) is 19.1 Å². The number of nitrogens with one attached hydrogen (secondary N) is 2. The molecule has 2 nitrogen and oxygen atoms in total. The molecule has 0 atom stereocenters. The maximum Gasteiger partial charge on any atom is 0.111 e. The number of halogens is 1. The van der Waals surface area contributed by atoms with E-state index in [4.69, 9.17) is 11.6 Å². The van der Waals surface area contributed by atoms with Gasteiger partial charge >= 0.3 is 0 Å². The van der Waals surface area contributed by atoms with Gasteiger partial charge in [0.15, 0.2) is 0 Å². The Labute approximate surface area is 70.3 Å². The molecule has 0 saturated heterocycles. The van der Waals surface area contributed by atoms with Gasteiger partial charge in [0, 0.05) is 16.3 Å². The Kier molecular flexibility index (Phi) is 1.43. The topological polar surface area (TPSA) is 27.8 Å². The van der Waals surface area contributed by atoms with Crippen molar-refractivity contribution >= 4 is 23.5 Å². The number of fused-ring (bicyclic) bond motifs is 1. The highest BCUT2D eigenvalue weighted by Gasteiger charge is 2.09. The molecule has 0 aromatic carbocycles. The standard InChI is InChI=1S/C8H9ClN2/c1-5-2-6-3-7(9)4-10-8(6)11-5/h2-3,10-11H,4H2,1H3. The van der Waals surface area contributed by atoms with Gasteiger partial charge in [-0.1, -0.05) is 11.6 Å². The van der Waals surface area contributed by atoms with E-state index in [0.29, 0.717) is 0 Å². The molecule has 58 valence electrons. The summed E-state index contributed by atoms with van der Waals surface area (Å²) in [6.45, 7) is 2.76. The molecule has 1 aromatic rings. The van der Waals surface area contributed by atoms with Crippen molar-refractivity contribution in [2.75, 3.05) is 11.9 Å². The van der Waals surface area contributed by atoms with Crippen LogP contribution in [0.25, 0.3) is 6.08 Å². The Morgan fingerprint density at radius 1 is 1.55 bits per heavy atom. The molecular weight excluding hydrogens is 160 g/mol. The quantitative estimate of drug-likeness (QED) is 0.612. The summed E-state index contributed by atoms with van der Waals surface area (Å²) in [5.41, 5.74) is 2.31. The highest BCUT2D eigenvalue weighted by molar-refractivity contribution is 6.32. The van der Waals surface area contributed by atoms with Crippen molar-refractivity contribution in [3.05, 3.63) is 22.4 Å². The predicted octanol–water partition coefficient (Wildman–Crippen LogP) is 2.33. The first kappa shape index (κ1) is 6.80. The molecule has 3 heteroatoms. The largest absolute Gasteiger partial charge is 0.366 e. The molecule has 0 fully saturated rings. The van der Waals surface area contributed by atoms with Gasteiger partial charge in [-0.15, -0.1) is 0 Å². The maximum absolute atomic E-state index is 5.84. The van der Waals surface area contributed by atoms with Crippen LogP contribution in [0.5, 0.6) is 0 Å². The summed E-state index contributed by atoms with van der Waals surface area (Å²) in [6, 6.07) is 2.07. The molecular formula is C8H9ClN2. The molecule has 2 heterocycles. The zero-order valence-corrected chi connectivity index (χ0v) is 7.00. The molecule has 2 rings (SSSR count). The molecule has 0 unspecified atom stereocenters. The Balaban J connectivity index is 2.50. The number of aromatic amines is 1. The van der Waals surface area contributed by atoms with Crippen molar-refractivity contribution in [2.24, 2.45) is 0 Å². The zero-order chi connectivity index (χ0) is 7.84. The van der Waals surface area contributed by atoms with Gasteiger partial charge in [-0.25, -0.2) is 0 Å². The second-order valence-electron chi connectivity index (χ2n) is 2.73. The number of H-pyrrole nitrogens is 1. The third-order valence-corrected chi connectivity index (χ3v) is 1.97. The minimum absolute atomic E-state index is 0.731. The molecule has 1 aromatic heterocycles. The lowest BCUT2D eigenvalue weighted by Crippen LogP contribution is -2.06. The van der Waals surface area contributed by atoms with Crippen molar-refractivity contribution in [1.82, 2.24) is 4.98 Å². The third kappa shape index (κ3) is 1.14. The van der Waals surface area contributed by atoms with Crippen LogP contribution in [0.1, 0.15) is 11.3 Å². The molecule has 11 heavy (non-hydrogen) atoms. The summed E-state index contributed by atoms with van der Waals surface area (Å²) in [4.78, 5) is 3.20. The monoisotopic (exact) mass is 168 g/mol. The molecule has 0 aliphatic carbocycles. The van der Waals surface area contributed by atoms with Crippen molar-refractivity contribution < 1.29 is 0 Å². The fourth-order valence-corrected chi connectivity index (χ4v) is 1.45. The maximum atomic E-state index is 5.84. The Hall–Kier alpha value is -0.890. The van der Waals surface area contributed by atoms with E-state index in [1.807, 2.05) is 13.0 Å². The smallest absolute Gasteiger partial charge is 0.111 e. The van der Waals surface area contributed by atoms with Crippen LogP contribution in [0.15, 0.2) is 11.1 Å². The van der Waals surface area contributed by atoms with Gasteiger partial charge < -0.3 is 10.3 Å². The second-order valence-corrected chi connectivity index (χ2v) is 3.21. The minimum Gasteiger partial charge on any atom is -0.366 e.